The van der Waals surface area contributed by atoms with Crippen LogP contribution in [0.4, 0.5) is 5.69 Å². The van der Waals surface area contributed by atoms with Crippen molar-refractivity contribution in [2.45, 2.75) is 38.1 Å². The van der Waals surface area contributed by atoms with E-state index in [-0.39, 0.29) is 6.04 Å². The van der Waals surface area contributed by atoms with Crippen LogP contribution in [-0.4, -0.2) is 12.6 Å². The van der Waals surface area contributed by atoms with Crippen LogP contribution < -0.4 is 11.1 Å². The zero-order valence-electron chi connectivity index (χ0n) is 11.0. The van der Waals surface area contributed by atoms with Gasteiger partial charge in [0.25, 0.3) is 0 Å². The highest BCUT2D eigenvalue weighted by Gasteiger charge is 2.22. The third-order valence-corrected chi connectivity index (χ3v) is 4.22. The van der Waals surface area contributed by atoms with Crippen molar-refractivity contribution in [2.24, 2.45) is 11.7 Å². The molecule has 0 saturated heterocycles. The molecule has 0 bridgehead atoms. The topological polar surface area (TPSA) is 61.8 Å². The van der Waals surface area contributed by atoms with E-state index >= 15 is 0 Å². The Morgan fingerprint density at radius 1 is 1.37 bits per heavy atom. The Morgan fingerprint density at radius 3 is 2.68 bits per heavy atom. The van der Waals surface area contributed by atoms with E-state index in [1.54, 1.807) is 12.1 Å². The van der Waals surface area contributed by atoms with Gasteiger partial charge in [0.2, 0.25) is 0 Å². The van der Waals surface area contributed by atoms with Gasteiger partial charge in [0.15, 0.2) is 0 Å². The van der Waals surface area contributed by atoms with Crippen LogP contribution in [0.1, 0.15) is 37.7 Å². The summed E-state index contributed by atoms with van der Waals surface area (Å²) < 4.78 is 0. The Labute approximate surface area is 119 Å². The monoisotopic (exact) mass is 277 g/mol. The molecule has 0 aliphatic heterocycles. The molecule has 4 heteroatoms. The van der Waals surface area contributed by atoms with Crippen molar-refractivity contribution in [3.8, 4) is 6.07 Å². The number of nitrogens with two attached hydrogens (primary N) is 1. The average Bonchev–Trinajstić information content (AvgIpc) is 2.47. The molecule has 19 heavy (non-hydrogen) atoms. The quantitative estimate of drug-likeness (QED) is 0.885. The molecule has 0 spiro atoms. The Morgan fingerprint density at radius 2 is 2.11 bits per heavy atom. The highest BCUT2D eigenvalue weighted by molar-refractivity contribution is 6.33. The fourth-order valence-corrected chi connectivity index (χ4v) is 3.04. The van der Waals surface area contributed by atoms with Gasteiger partial charge in [-0.2, -0.15) is 5.26 Å². The zero-order valence-corrected chi connectivity index (χ0v) is 11.8. The number of nitriles is 1. The number of nitrogens with zero attached hydrogens (tertiary/aromatic N) is 1. The molecule has 0 heterocycles. The van der Waals surface area contributed by atoms with Crippen LogP contribution in [0.5, 0.6) is 0 Å². The van der Waals surface area contributed by atoms with E-state index < -0.39 is 0 Å². The van der Waals surface area contributed by atoms with E-state index in [2.05, 4.69) is 11.4 Å². The smallest absolute Gasteiger partial charge is 0.0992 e. The minimum atomic E-state index is 0.269. The van der Waals surface area contributed by atoms with E-state index in [9.17, 15) is 0 Å². The summed E-state index contributed by atoms with van der Waals surface area (Å²) in [5, 5.41) is 12.9. The molecule has 1 aromatic carbocycles. The van der Waals surface area contributed by atoms with Gasteiger partial charge >= 0.3 is 0 Å². The van der Waals surface area contributed by atoms with Crippen LogP contribution >= 0.6 is 11.6 Å². The molecule has 102 valence electrons. The molecule has 0 aromatic heterocycles. The molecule has 3 nitrogen and oxygen atoms in total. The van der Waals surface area contributed by atoms with Crippen LogP contribution in [0.25, 0.3) is 0 Å². The lowest BCUT2D eigenvalue weighted by atomic mass is 9.84. The number of benzene rings is 1. The van der Waals surface area contributed by atoms with Gasteiger partial charge in [0.1, 0.15) is 0 Å². The Bertz CT molecular complexity index is 461. The van der Waals surface area contributed by atoms with E-state index in [1.807, 2.05) is 6.07 Å². The molecular formula is C15H20ClN3. The van der Waals surface area contributed by atoms with Crippen LogP contribution in [0.3, 0.4) is 0 Å². The summed E-state index contributed by atoms with van der Waals surface area (Å²) in [6, 6.07) is 7.70. The summed E-state index contributed by atoms with van der Waals surface area (Å²) in [5.41, 5.74) is 7.36. The number of rotatable bonds is 4. The molecule has 1 unspecified atom stereocenters. The lowest BCUT2D eigenvalue weighted by Gasteiger charge is -2.31. The minimum Gasteiger partial charge on any atom is -0.380 e. The lowest BCUT2D eigenvalue weighted by Crippen LogP contribution is -2.37. The fourth-order valence-electron chi connectivity index (χ4n) is 2.81. The molecule has 0 radical (unpaired) electrons. The summed E-state index contributed by atoms with van der Waals surface area (Å²) >= 11 is 6.19. The third kappa shape index (κ3) is 3.62. The van der Waals surface area contributed by atoms with E-state index in [4.69, 9.17) is 22.6 Å². The van der Waals surface area contributed by atoms with Gasteiger partial charge < -0.3 is 11.1 Å². The van der Waals surface area contributed by atoms with Crippen molar-refractivity contribution >= 4 is 17.3 Å². The van der Waals surface area contributed by atoms with Gasteiger partial charge in [-0.3, -0.25) is 0 Å². The number of halogens is 1. The summed E-state index contributed by atoms with van der Waals surface area (Å²) in [5.74, 6) is 0.630. The molecule has 0 amide bonds. The highest BCUT2D eigenvalue weighted by atomic mass is 35.5. The van der Waals surface area contributed by atoms with Gasteiger partial charge in [-0.05, 0) is 37.0 Å². The molecule has 1 atom stereocenters. The van der Waals surface area contributed by atoms with Crippen LogP contribution in [0.2, 0.25) is 5.02 Å². The van der Waals surface area contributed by atoms with Crippen molar-refractivity contribution in [1.82, 2.24) is 0 Å². The molecular weight excluding hydrogens is 258 g/mol. The molecule has 1 aliphatic carbocycles. The SMILES string of the molecule is N#Cc1ccc(NC(CN)C2CCCCC2)c(Cl)c1. The molecule has 1 fully saturated rings. The highest BCUT2D eigenvalue weighted by Crippen LogP contribution is 2.30. The second-order valence-electron chi connectivity index (χ2n) is 5.19. The number of nitrogens with one attached hydrogen (secondary N) is 1. The second-order valence-corrected chi connectivity index (χ2v) is 5.60. The maximum absolute atomic E-state index is 8.84. The predicted molar refractivity (Wildman–Crippen MR) is 79.2 cm³/mol. The van der Waals surface area contributed by atoms with Crippen molar-refractivity contribution in [2.75, 3.05) is 11.9 Å². The van der Waals surface area contributed by atoms with Crippen LogP contribution in [0, 0.1) is 17.2 Å². The second kappa shape index (κ2) is 6.79. The fraction of sp³-hybridized carbons (Fsp3) is 0.533. The van der Waals surface area contributed by atoms with Crippen molar-refractivity contribution in [3.05, 3.63) is 28.8 Å². The first-order valence-corrected chi connectivity index (χ1v) is 7.28. The zero-order chi connectivity index (χ0) is 13.7. The first-order valence-electron chi connectivity index (χ1n) is 6.91. The van der Waals surface area contributed by atoms with Crippen LogP contribution in [0.15, 0.2) is 18.2 Å². The lowest BCUT2D eigenvalue weighted by molar-refractivity contribution is 0.320. The summed E-state index contributed by atoms with van der Waals surface area (Å²) in [7, 11) is 0. The summed E-state index contributed by atoms with van der Waals surface area (Å²) in [4.78, 5) is 0. The van der Waals surface area contributed by atoms with Gasteiger partial charge in [-0.25, -0.2) is 0 Å². The predicted octanol–water partition coefficient (Wildman–Crippen LogP) is 3.53. The molecule has 2 rings (SSSR count). The molecule has 3 N–H and O–H groups in total. The molecule has 1 saturated carbocycles. The standard InChI is InChI=1S/C15H20ClN3/c16-13-8-11(9-17)6-7-14(13)19-15(10-18)12-4-2-1-3-5-12/h6-8,12,15,19H,1-5,10,18H2. The first-order chi connectivity index (χ1) is 9.24. The van der Waals surface area contributed by atoms with Gasteiger partial charge in [0.05, 0.1) is 22.3 Å². The Balaban J connectivity index is 2.07. The maximum atomic E-state index is 8.84. The van der Waals surface area contributed by atoms with Crippen LogP contribution in [-0.2, 0) is 0 Å². The summed E-state index contributed by atoms with van der Waals surface area (Å²) in [6.45, 7) is 0.612. The van der Waals surface area contributed by atoms with E-state index in [1.165, 1.54) is 32.1 Å². The largest absolute Gasteiger partial charge is 0.380 e. The maximum Gasteiger partial charge on any atom is 0.0992 e. The molecule has 1 aliphatic rings. The Kier molecular flexibility index (Phi) is 5.07. The van der Waals surface area contributed by atoms with E-state index in [0.717, 1.165) is 5.69 Å². The minimum absolute atomic E-state index is 0.269. The van der Waals surface area contributed by atoms with Gasteiger partial charge in [-0.15, -0.1) is 0 Å². The Hall–Kier alpha value is -1.24. The van der Waals surface area contributed by atoms with Crippen molar-refractivity contribution < 1.29 is 0 Å². The van der Waals surface area contributed by atoms with E-state index in [0.29, 0.717) is 23.0 Å². The number of hydrogen-bond donors (Lipinski definition) is 2. The summed E-state index contributed by atoms with van der Waals surface area (Å²) in [6.07, 6.45) is 6.41. The molecule has 1 aromatic rings. The van der Waals surface area contributed by atoms with Gasteiger partial charge in [-0.1, -0.05) is 30.9 Å². The van der Waals surface area contributed by atoms with Crippen molar-refractivity contribution in [1.29, 1.82) is 5.26 Å². The van der Waals surface area contributed by atoms with Gasteiger partial charge in [0, 0.05) is 12.6 Å². The first kappa shape index (κ1) is 14.2. The average molecular weight is 278 g/mol. The number of hydrogen-bond acceptors (Lipinski definition) is 3. The normalized spacial score (nSPS) is 17.7. The third-order valence-electron chi connectivity index (χ3n) is 3.91. The van der Waals surface area contributed by atoms with Crippen molar-refractivity contribution in [3.63, 3.8) is 0 Å². The number of anilines is 1.